The van der Waals surface area contributed by atoms with Crippen LogP contribution in [0.5, 0.6) is 5.75 Å². The standard InChI is InChI=1S/C13H18N2O3/c1-3-7-18-12-6-4-5-11(8-12)15-13(17)14-10(2)9-16/h3-6,8,10,16H,1,7,9H2,2H3,(H2,14,15,17). The Labute approximate surface area is 106 Å². The molecule has 0 aliphatic heterocycles. The van der Waals surface area contributed by atoms with Crippen molar-refractivity contribution in [3.05, 3.63) is 36.9 Å². The summed E-state index contributed by atoms with van der Waals surface area (Å²) >= 11 is 0. The number of aliphatic hydroxyl groups is 1. The van der Waals surface area contributed by atoms with E-state index in [4.69, 9.17) is 9.84 Å². The lowest BCUT2D eigenvalue weighted by Crippen LogP contribution is -2.38. The Morgan fingerprint density at radius 2 is 2.39 bits per heavy atom. The van der Waals surface area contributed by atoms with Gasteiger partial charge in [-0.1, -0.05) is 18.7 Å². The van der Waals surface area contributed by atoms with E-state index in [2.05, 4.69) is 17.2 Å². The van der Waals surface area contributed by atoms with Crippen molar-refractivity contribution < 1.29 is 14.6 Å². The van der Waals surface area contributed by atoms with Crippen LogP contribution in [-0.4, -0.2) is 30.4 Å². The molecule has 1 aromatic carbocycles. The molecule has 0 heterocycles. The maximum absolute atomic E-state index is 11.5. The zero-order chi connectivity index (χ0) is 13.4. The molecule has 0 aliphatic carbocycles. The molecular formula is C13H18N2O3. The highest BCUT2D eigenvalue weighted by atomic mass is 16.5. The summed E-state index contributed by atoms with van der Waals surface area (Å²) < 4.78 is 5.35. The largest absolute Gasteiger partial charge is 0.489 e. The number of hydrogen-bond donors (Lipinski definition) is 3. The molecule has 0 bridgehead atoms. The number of ether oxygens (including phenoxy) is 1. The number of carbonyl (C=O) groups excluding carboxylic acids is 1. The zero-order valence-electron chi connectivity index (χ0n) is 10.3. The Balaban J connectivity index is 2.55. The number of urea groups is 1. The highest BCUT2D eigenvalue weighted by Crippen LogP contribution is 2.17. The van der Waals surface area contributed by atoms with Crippen LogP contribution in [0.25, 0.3) is 0 Å². The van der Waals surface area contributed by atoms with Crippen LogP contribution >= 0.6 is 0 Å². The SMILES string of the molecule is C=CCOc1cccc(NC(=O)NC(C)CO)c1. The Morgan fingerprint density at radius 1 is 1.61 bits per heavy atom. The average molecular weight is 250 g/mol. The van der Waals surface area contributed by atoms with E-state index < -0.39 is 0 Å². The Morgan fingerprint density at radius 3 is 3.06 bits per heavy atom. The third-order valence-electron chi connectivity index (χ3n) is 2.11. The molecule has 18 heavy (non-hydrogen) atoms. The smallest absolute Gasteiger partial charge is 0.319 e. The van der Waals surface area contributed by atoms with Gasteiger partial charge in [0.2, 0.25) is 0 Å². The number of hydrogen-bond acceptors (Lipinski definition) is 3. The highest BCUT2D eigenvalue weighted by Gasteiger charge is 2.06. The Kier molecular flexibility index (Phi) is 5.73. The molecule has 0 spiro atoms. The summed E-state index contributed by atoms with van der Waals surface area (Å²) in [6.45, 7) is 5.58. The van der Waals surface area contributed by atoms with Crippen molar-refractivity contribution in [1.29, 1.82) is 0 Å². The number of aliphatic hydroxyl groups excluding tert-OH is 1. The number of amides is 2. The van der Waals surface area contributed by atoms with E-state index in [1.807, 2.05) is 0 Å². The molecule has 5 heteroatoms. The molecule has 3 N–H and O–H groups in total. The molecule has 98 valence electrons. The number of rotatable bonds is 6. The van der Waals surface area contributed by atoms with Crippen molar-refractivity contribution in [2.24, 2.45) is 0 Å². The molecule has 0 saturated carbocycles. The van der Waals surface area contributed by atoms with Gasteiger partial charge in [0.1, 0.15) is 12.4 Å². The first kappa shape index (κ1) is 14.1. The van der Waals surface area contributed by atoms with Gasteiger partial charge in [-0.15, -0.1) is 0 Å². The average Bonchev–Trinajstić information content (AvgIpc) is 2.36. The quantitative estimate of drug-likeness (QED) is 0.674. The van der Waals surface area contributed by atoms with Gasteiger partial charge in [-0.3, -0.25) is 0 Å². The fraction of sp³-hybridized carbons (Fsp3) is 0.308. The second kappa shape index (κ2) is 7.34. The fourth-order valence-electron chi connectivity index (χ4n) is 1.26. The molecule has 5 nitrogen and oxygen atoms in total. The van der Waals surface area contributed by atoms with Crippen LogP contribution in [0, 0.1) is 0 Å². The summed E-state index contributed by atoms with van der Waals surface area (Å²) in [5.41, 5.74) is 0.624. The Hall–Kier alpha value is -2.01. The van der Waals surface area contributed by atoms with E-state index in [1.165, 1.54) is 0 Å². The number of benzene rings is 1. The van der Waals surface area contributed by atoms with Gasteiger partial charge in [0.25, 0.3) is 0 Å². The summed E-state index contributed by atoms with van der Waals surface area (Å²) in [5, 5.41) is 14.1. The van der Waals surface area contributed by atoms with E-state index in [-0.39, 0.29) is 18.7 Å². The van der Waals surface area contributed by atoms with Gasteiger partial charge < -0.3 is 20.5 Å². The molecule has 0 saturated heterocycles. The van der Waals surface area contributed by atoms with E-state index >= 15 is 0 Å². The molecule has 0 fully saturated rings. The van der Waals surface area contributed by atoms with Crippen molar-refractivity contribution in [2.75, 3.05) is 18.5 Å². The van der Waals surface area contributed by atoms with Gasteiger partial charge in [-0.2, -0.15) is 0 Å². The molecule has 0 aliphatic rings. The first-order valence-corrected chi connectivity index (χ1v) is 5.68. The molecule has 0 aromatic heterocycles. The number of nitrogens with one attached hydrogen (secondary N) is 2. The summed E-state index contributed by atoms with van der Waals surface area (Å²) in [7, 11) is 0. The van der Waals surface area contributed by atoms with Gasteiger partial charge in [-0.25, -0.2) is 4.79 Å². The lowest BCUT2D eigenvalue weighted by molar-refractivity contribution is 0.229. The second-order valence-electron chi connectivity index (χ2n) is 3.81. The van der Waals surface area contributed by atoms with Crippen molar-refractivity contribution in [1.82, 2.24) is 5.32 Å². The maximum atomic E-state index is 11.5. The monoisotopic (exact) mass is 250 g/mol. The van der Waals surface area contributed by atoms with E-state index in [0.717, 1.165) is 0 Å². The van der Waals surface area contributed by atoms with Crippen LogP contribution < -0.4 is 15.4 Å². The maximum Gasteiger partial charge on any atom is 0.319 e. The topological polar surface area (TPSA) is 70.6 Å². The lowest BCUT2D eigenvalue weighted by atomic mass is 10.3. The predicted octanol–water partition coefficient (Wildman–Crippen LogP) is 1.75. The van der Waals surface area contributed by atoms with Gasteiger partial charge >= 0.3 is 6.03 Å². The molecular weight excluding hydrogens is 232 g/mol. The molecule has 0 radical (unpaired) electrons. The lowest BCUT2D eigenvalue weighted by Gasteiger charge is -2.12. The van der Waals surface area contributed by atoms with Gasteiger partial charge in [0, 0.05) is 11.8 Å². The number of carbonyl (C=O) groups is 1. The third-order valence-corrected chi connectivity index (χ3v) is 2.11. The summed E-state index contributed by atoms with van der Waals surface area (Å²) in [5.74, 6) is 0.655. The van der Waals surface area contributed by atoms with Crippen LogP contribution in [0.1, 0.15) is 6.92 Å². The summed E-state index contributed by atoms with van der Waals surface area (Å²) in [6, 6.07) is 6.39. The highest BCUT2D eigenvalue weighted by molar-refractivity contribution is 5.89. The van der Waals surface area contributed by atoms with Crippen LogP contribution in [0.4, 0.5) is 10.5 Å². The summed E-state index contributed by atoms with van der Waals surface area (Å²) in [4.78, 5) is 11.5. The third kappa shape index (κ3) is 4.88. The van der Waals surface area contributed by atoms with Gasteiger partial charge in [0.15, 0.2) is 0 Å². The first-order valence-electron chi connectivity index (χ1n) is 5.68. The van der Waals surface area contributed by atoms with Gasteiger partial charge in [-0.05, 0) is 19.1 Å². The second-order valence-corrected chi connectivity index (χ2v) is 3.81. The van der Waals surface area contributed by atoms with Crippen molar-refractivity contribution in [3.63, 3.8) is 0 Å². The molecule has 1 rings (SSSR count). The fourth-order valence-corrected chi connectivity index (χ4v) is 1.26. The number of anilines is 1. The van der Waals surface area contributed by atoms with Crippen LogP contribution in [0.15, 0.2) is 36.9 Å². The minimum Gasteiger partial charge on any atom is -0.489 e. The predicted molar refractivity (Wildman–Crippen MR) is 70.8 cm³/mol. The minimum atomic E-state index is -0.363. The Bertz CT molecular complexity index is 407. The van der Waals surface area contributed by atoms with E-state index in [9.17, 15) is 4.79 Å². The van der Waals surface area contributed by atoms with Gasteiger partial charge in [0.05, 0.1) is 12.6 Å². The van der Waals surface area contributed by atoms with E-state index in [1.54, 1.807) is 37.3 Å². The van der Waals surface area contributed by atoms with Crippen LogP contribution in [-0.2, 0) is 0 Å². The normalized spacial score (nSPS) is 11.4. The van der Waals surface area contributed by atoms with E-state index in [0.29, 0.717) is 18.0 Å². The van der Waals surface area contributed by atoms with Crippen molar-refractivity contribution in [2.45, 2.75) is 13.0 Å². The first-order chi connectivity index (χ1) is 8.65. The van der Waals surface area contributed by atoms with Crippen LogP contribution in [0.2, 0.25) is 0 Å². The minimum absolute atomic E-state index is 0.101. The molecule has 1 unspecified atom stereocenters. The molecule has 1 atom stereocenters. The molecule has 1 aromatic rings. The zero-order valence-corrected chi connectivity index (χ0v) is 10.3. The summed E-state index contributed by atoms with van der Waals surface area (Å²) in [6.07, 6.45) is 1.65. The van der Waals surface area contributed by atoms with Crippen molar-refractivity contribution >= 4 is 11.7 Å². The molecule has 2 amide bonds. The van der Waals surface area contributed by atoms with Crippen LogP contribution in [0.3, 0.4) is 0 Å². The van der Waals surface area contributed by atoms with Crippen molar-refractivity contribution in [3.8, 4) is 5.75 Å².